The van der Waals surface area contributed by atoms with Gasteiger partial charge < -0.3 is 14.2 Å². The Morgan fingerprint density at radius 2 is 0.786 bits per heavy atom. The van der Waals surface area contributed by atoms with Gasteiger partial charge in [0.2, 0.25) is 5.79 Å². The standard InChI is InChI=1S/C12H22O35S8.K/c13-48(14,15)37-1-4-6(43-51(22,23)24)8(45-53(28,29)30)9(46-54(31,32)33)11(40-4)42-12(3-39-50(19,20)21)10(47-55(34,35)36)7(44-52(25,26)27)5(41-12)2-38-49(16,17)18;/h4-11H,1-3H2,(H,13,14,15)(H,16,17,18)(H,19,20,21)(H,22,23,24)(H,25,26,27)(H,28,29,30)(H,31,32,33)(H,34,35,36);/q;+1/t4-,5-,6-,7-,8+,9-,10+,11-,12+;/m1./s1. The van der Waals surface area contributed by atoms with Crippen molar-refractivity contribution in [1.29, 1.82) is 0 Å². The summed E-state index contributed by atoms with van der Waals surface area (Å²) in [4.78, 5) is 0. The van der Waals surface area contributed by atoms with E-state index in [9.17, 15) is 94.7 Å². The molecule has 2 aliphatic heterocycles. The summed E-state index contributed by atoms with van der Waals surface area (Å²) in [5.41, 5.74) is 0. The van der Waals surface area contributed by atoms with Gasteiger partial charge >= 0.3 is 135 Å². The minimum absolute atomic E-state index is 0. The fraction of sp³-hybridized carbons (Fsp3) is 1.00. The second-order valence-corrected chi connectivity index (χ2v) is 18.2. The molecule has 0 aromatic rings. The summed E-state index contributed by atoms with van der Waals surface area (Å²) in [6.07, 6.45) is -26.0. The van der Waals surface area contributed by atoms with Crippen molar-refractivity contribution in [3.8, 4) is 0 Å². The maximum absolute atomic E-state index is 11.9. The quantitative estimate of drug-likeness (QED) is 0.0391. The van der Waals surface area contributed by atoms with Gasteiger partial charge in [0.15, 0.2) is 18.5 Å². The summed E-state index contributed by atoms with van der Waals surface area (Å²) >= 11 is 0. The Bertz CT molecular complexity index is 2280. The third kappa shape index (κ3) is 19.9. The van der Waals surface area contributed by atoms with Crippen molar-refractivity contribution < 1.29 is 203 Å². The van der Waals surface area contributed by atoms with E-state index in [1.807, 2.05) is 0 Å². The van der Waals surface area contributed by atoms with E-state index in [1.54, 1.807) is 0 Å². The summed E-state index contributed by atoms with van der Waals surface area (Å²) < 4.78 is 307. The zero-order valence-electron chi connectivity index (χ0n) is 26.1. The van der Waals surface area contributed by atoms with Gasteiger partial charge in [0.1, 0.15) is 37.1 Å². The average molecular weight is 1020 g/mol. The zero-order chi connectivity index (χ0) is 43.0. The Labute approximate surface area is 357 Å². The van der Waals surface area contributed by atoms with Crippen LogP contribution in [0.2, 0.25) is 0 Å². The van der Waals surface area contributed by atoms with Crippen LogP contribution >= 0.6 is 0 Å². The topological polar surface area (TPSA) is 536 Å². The number of ether oxygens (including phenoxy) is 3. The molecule has 44 heteroatoms. The van der Waals surface area contributed by atoms with Gasteiger partial charge in [0, 0.05) is 0 Å². The molecule has 0 bridgehead atoms. The molecule has 2 fully saturated rings. The largest absolute Gasteiger partial charge is 1.00 e. The van der Waals surface area contributed by atoms with Gasteiger partial charge in [-0.1, -0.05) is 0 Å². The van der Waals surface area contributed by atoms with Crippen LogP contribution in [-0.2, 0) is 131 Å². The molecule has 0 aromatic carbocycles. The molecule has 2 rings (SSSR count). The first-order valence-corrected chi connectivity index (χ1v) is 23.2. The van der Waals surface area contributed by atoms with Crippen LogP contribution in [0.1, 0.15) is 0 Å². The van der Waals surface area contributed by atoms with Crippen LogP contribution in [0.25, 0.3) is 0 Å². The first-order valence-electron chi connectivity index (χ1n) is 12.3. The minimum atomic E-state index is -6.24. The first kappa shape index (κ1) is 54.5. The molecular formula is C12H22KO35S8+. The Hall–Kier alpha value is 0.476. The van der Waals surface area contributed by atoms with Crippen LogP contribution in [-0.4, -0.2) is 178 Å². The molecule has 0 aromatic heterocycles. The number of hydrogen-bond donors (Lipinski definition) is 8. The molecule has 56 heavy (non-hydrogen) atoms. The maximum atomic E-state index is 11.9. The average Bonchev–Trinajstić information content (AvgIpc) is 3.15. The third-order valence-corrected chi connectivity index (χ3v) is 9.28. The molecule has 2 aliphatic rings. The van der Waals surface area contributed by atoms with Crippen LogP contribution in [0.3, 0.4) is 0 Å². The molecule has 35 nitrogen and oxygen atoms in total. The van der Waals surface area contributed by atoms with Crippen LogP contribution < -0.4 is 51.4 Å². The minimum Gasteiger partial charge on any atom is -0.341 e. The fourth-order valence-electron chi connectivity index (χ4n) is 4.24. The molecule has 0 radical (unpaired) electrons. The van der Waals surface area contributed by atoms with Gasteiger partial charge in [0.25, 0.3) is 0 Å². The normalized spacial score (nSPS) is 30.1. The smallest absolute Gasteiger partial charge is 0.341 e. The monoisotopic (exact) mass is 1020 g/mol. The molecular weight excluding hydrogens is 1000 g/mol. The van der Waals surface area contributed by atoms with E-state index in [-0.39, 0.29) is 51.4 Å². The van der Waals surface area contributed by atoms with Crippen molar-refractivity contribution in [2.45, 2.75) is 54.8 Å². The summed E-state index contributed by atoms with van der Waals surface area (Å²) in [5.74, 6) is -4.12. The van der Waals surface area contributed by atoms with Gasteiger partial charge in [-0.05, 0) is 0 Å². The molecule has 8 N–H and O–H groups in total. The van der Waals surface area contributed by atoms with E-state index in [0.29, 0.717) is 0 Å². The van der Waals surface area contributed by atoms with E-state index in [4.69, 9.17) is 23.3 Å². The Kier molecular flexibility index (Phi) is 18.7. The van der Waals surface area contributed by atoms with E-state index in [2.05, 4.69) is 33.5 Å². The third-order valence-electron chi connectivity index (χ3n) is 5.68. The van der Waals surface area contributed by atoms with Crippen molar-refractivity contribution in [1.82, 2.24) is 0 Å². The Balaban J connectivity index is 0.0000157. The fourth-order valence-corrected chi connectivity index (χ4v) is 7.68. The second-order valence-electron chi connectivity index (χ2n) is 9.64. The van der Waals surface area contributed by atoms with Crippen LogP contribution in [0.5, 0.6) is 0 Å². The summed E-state index contributed by atoms with van der Waals surface area (Å²) in [5, 5.41) is 0. The Morgan fingerprint density at radius 3 is 1.18 bits per heavy atom. The molecule has 2 heterocycles. The molecule has 0 saturated carbocycles. The predicted octanol–water partition coefficient (Wildman–Crippen LogP) is -9.77. The van der Waals surface area contributed by atoms with Crippen LogP contribution in [0.15, 0.2) is 0 Å². The van der Waals surface area contributed by atoms with Gasteiger partial charge in [-0.25, -0.2) is 33.5 Å². The van der Waals surface area contributed by atoms with Gasteiger partial charge in [0.05, 0.1) is 13.2 Å². The first-order chi connectivity index (χ1) is 24.2. The van der Waals surface area contributed by atoms with Gasteiger partial charge in [-0.2, -0.15) is 67.3 Å². The van der Waals surface area contributed by atoms with Crippen LogP contribution in [0.4, 0.5) is 0 Å². The van der Waals surface area contributed by atoms with E-state index >= 15 is 0 Å². The van der Waals surface area contributed by atoms with Crippen molar-refractivity contribution in [2.24, 2.45) is 0 Å². The van der Waals surface area contributed by atoms with E-state index in [1.165, 1.54) is 0 Å². The summed E-state index contributed by atoms with van der Waals surface area (Å²) in [6.45, 7) is -6.25. The summed E-state index contributed by atoms with van der Waals surface area (Å²) in [6, 6.07) is 0. The van der Waals surface area contributed by atoms with Gasteiger partial charge in [-0.3, -0.25) is 36.4 Å². The molecule has 328 valence electrons. The molecule has 0 aliphatic carbocycles. The molecule has 9 atom stereocenters. The maximum Gasteiger partial charge on any atom is 1.00 e. The van der Waals surface area contributed by atoms with Crippen molar-refractivity contribution in [3.05, 3.63) is 0 Å². The molecule has 0 unspecified atom stereocenters. The van der Waals surface area contributed by atoms with E-state index in [0.717, 1.165) is 0 Å². The van der Waals surface area contributed by atoms with E-state index < -0.39 is 158 Å². The van der Waals surface area contributed by atoms with Crippen molar-refractivity contribution in [2.75, 3.05) is 19.8 Å². The van der Waals surface area contributed by atoms with Gasteiger partial charge in [-0.15, -0.1) is 0 Å². The second kappa shape index (κ2) is 19.3. The van der Waals surface area contributed by atoms with Crippen molar-refractivity contribution >= 4 is 83.2 Å². The summed E-state index contributed by atoms with van der Waals surface area (Å²) in [7, 11) is -48.3. The van der Waals surface area contributed by atoms with Crippen LogP contribution in [0, 0.1) is 0 Å². The molecule has 2 saturated heterocycles. The zero-order valence-corrected chi connectivity index (χ0v) is 35.8. The SMILES string of the molecule is O=S(=O)(O)OC[C@H]1O[C@@](COS(=O)(=O)O)(O[C@H]2O[C@H](COS(=O)(=O)O)[C@@H](OS(=O)(=O)O)[C@H](OS(=O)(=O)O)[C@H]2OS(=O)(=O)O)[C@@H](OS(=O)(=O)O)[C@@H]1OS(=O)(=O)O.[K+]. The predicted molar refractivity (Wildman–Crippen MR) is 152 cm³/mol. The Morgan fingerprint density at radius 1 is 0.429 bits per heavy atom. The molecule has 0 spiro atoms. The number of hydrogen-bond acceptors (Lipinski definition) is 27. The number of rotatable bonds is 21. The van der Waals surface area contributed by atoms with Crippen molar-refractivity contribution in [3.63, 3.8) is 0 Å². The molecule has 0 amide bonds.